The predicted molar refractivity (Wildman–Crippen MR) is 126 cm³/mol. The fourth-order valence-corrected chi connectivity index (χ4v) is 3.32. The molecule has 3 aromatic carbocycles. The molecule has 34 heavy (non-hydrogen) atoms. The number of hydrogen-bond acceptors (Lipinski definition) is 6. The van der Waals surface area contributed by atoms with E-state index >= 15 is 0 Å². The van der Waals surface area contributed by atoms with Crippen molar-refractivity contribution in [3.05, 3.63) is 90.0 Å². The quantitative estimate of drug-likeness (QED) is 0.313. The van der Waals surface area contributed by atoms with Crippen molar-refractivity contribution in [2.45, 2.75) is 0 Å². The number of amides is 4. The lowest BCUT2D eigenvalue weighted by molar-refractivity contribution is -0.122. The summed E-state index contributed by atoms with van der Waals surface area (Å²) in [6, 6.07) is 21.8. The van der Waals surface area contributed by atoms with Crippen LogP contribution in [0.15, 0.2) is 84.4 Å². The van der Waals surface area contributed by atoms with E-state index in [-0.39, 0.29) is 5.57 Å². The number of para-hydroxylation sites is 1. The molecule has 0 bridgehead atoms. The summed E-state index contributed by atoms with van der Waals surface area (Å²) in [6.45, 7) is 0.619. The van der Waals surface area contributed by atoms with Crippen molar-refractivity contribution in [2.24, 2.45) is 0 Å². The first-order valence-corrected chi connectivity index (χ1v) is 10.5. The molecule has 1 N–H and O–H groups in total. The van der Waals surface area contributed by atoms with Gasteiger partial charge < -0.3 is 14.2 Å². The summed E-state index contributed by atoms with van der Waals surface area (Å²) in [5.74, 6) is 0.547. The summed E-state index contributed by atoms with van der Waals surface area (Å²) in [5.41, 5.74) is 0.801. The van der Waals surface area contributed by atoms with Crippen LogP contribution in [0.1, 0.15) is 5.56 Å². The minimum Gasteiger partial charge on any atom is -0.497 e. The number of nitrogens with zero attached hydrogens (tertiary/aromatic N) is 1. The molecule has 0 atom stereocenters. The molecule has 8 heteroatoms. The van der Waals surface area contributed by atoms with Crippen molar-refractivity contribution in [2.75, 3.05) is 25.2 Å². The van der Waals surface area contributed by atoms with E-state index in [1.54, 1.807) is 73.8 Å². The second-order valence-corrected chi connectivity index (χ2v) is 7.24. The molecule has 4 rings (SSSR count). The summed E-state index contributed by atoms with van der Waals surface area (Å²) >= 11 is 0. The number of barbiturate groups is 1. The summed E-state index contributed by atoms with van der Waals surface area (Å²) in [6.07, 6.45) is 1.43. The molecule has 0 saturated carbocycles. The molecule has 1 fully saturated rings. The van der Waals surface area contributed by atoms with Gasteiger partial charge in [-0.05, 0) is 60.2 Å². The van der Waals surface area contributed by atoms with Gasteiger partial charge in [0.15, 0.2) is 0 Å². The van der Waals surface area contributed by atoms with Gasteiger partial charge in [-0.15, -0.1) is 0 Å². The third-order valence-corrected chi connectivity index (χ3v) is 4.97. The van der Waals surface area contributed by atoms with Crippen LogP contribution < -0.4 is 24.4 Å². The molecule has 172 valence electrons. The van der Waals surface area contributed by atoms with Crippen LogP contribution in [0.2, 0.25) is 0 Å². The number of carbonyl (C=O) groups excluding carboxylic acids is 3. The molecule has 8 nitrogen and oxygen atoms in total. The monoisotopic (exact) mass is 458 g/mol. The molecule has 0 radical (unpaired) electrons. The van der Waals surface area contributed by atoms with E-state index < -0.39 is 17.8 Å². The first-order chi connectivity index (χ1) is 16.5. The number of carbonyl (C=O) groups is 3. The van der Waals surface area contributed by atoms with Crippen molar-refractivity contribution >= 4 is 29.6 Å². The Hall–Kier alpha value is -4.59. The highest BCUT2D eigenvalue weighted by molar-refractivity contribution is 6.39. The van der Waals surface area contributed by atoms with Crippen LogP contribution in [0.5, 0.6) is 17.2 Å². The second kappa shape index (κ2) is 10.4. The van der Waals surface area contributed by atoms with Crippen molar-refractivity contribution in [3.63, 3.8) is 0 Å². The number of hydrogen-bond donors (Lipinski definition) is 1. The van der Waals surface area contributed by atoms with Crippen molar-refractivity contribution in [3.8, 4) is 17.2 Å². The molecule has 3 aromatic rings. The zero-order chi connectivity index (χ0) is 23.9. The highest BCUT2D eigenvalue weighted by Gasteiger charge is 2.36. The van der Waals surface area contributed by atoms with E-state index in [0.717, 1.165) is 10.6 Å². The number of methoxy groups -OCH3 is 1. The van der Waals surface area contributed by atoms with Crippen LogP contribution in [-0.2, 0) is 9.59 Å². The minimum atomic E-state index is -0.785. The Morgan fingerprint density at radius 3 is 2.18 bits per heavy atom. The van der Waals surface area contributed by atoms with Crippen molar-refractivity contribution in [1.82, 2.24) is 5.32 Å². The zero-order valence-corrected chi connectivity index (χ0v) is 18.4. The van der Waals surface area contributed by atoms with E-state index in [1.807, 2.05) is 12.1 Å². The molecule has 0 aromatic heterocycles. The molecule has 0 unspecified atom stereocenters. The highest BCUT2D eigenvalue weighted by atomic mass is 16.5. The van der Waals surface area contributed by atoms with Gasteiger partial charge in [0.05, 0.1) is 12.8 Å². The Kier molecular flexibility index (Phi) is 6.88. The summed E-state index contributed by atoms with van der Waals surface area (Å²) in [7, 11) is 1.60. The van der Waals surface area contributed by atoms with E-state index in [0.29, 0.717) is 36.0 Å². The fourth-order valence-electron chi connectivity index (χ4n) is 3.32. The molecule has 1 heterocycles. The number of nitrogens with one attached hydrogen (secondary N) is 1. The third kappa shape index (κ3) is 5.24. The lowest BCUT2D eigenvalue weighted by Gasteiger charge is -2.26. The number of rotatable bonds is 8. The van der Waals surface area contributed by atoms with Gasteiger partial charge in [0.1, 0.15) is 36.0 Å². The van der Waals surface area contributed by atoms with Crippen molar-refractivity contribution in [1.29, 1.82) is 0 Å². The molecule has 0 spiro atoms. The number of ether oxygens (including phenoxy) is 3. The third-order valence-electron chi connectivity index (χ3n) is 4.97. The average Bonchev–Trinajstić information content (AvgIpc) is 2.86. The van der Waals surface area contributed by atoms with Crippen LogP contribution in [-0.4, -0.2) is 38.2 Å². The maximum Gasteiger partial charge on any atom is 0.335 e. The van der Waals surface area contributed by atoms with E-state index in [2.05, 4.69) is 5.32 Å². The Morgan fingerprint density at radius 1 is 0.794 bits per heavy atom. The van der Waals surface area contributed by atoms with Crippen molar-refractivity contribution < 1.29 is 28.6 Å². The van der Waals surface area contributed by atoms with Gasteiger partial charge in [-0.1, -0.05) is 30.3 Å². The zero-order valence-electron chi connectivity index (χ0n) is 18.4. The average molecular weight is 458 g/mol. The minimum absolute atomic E-state index is 0.150. The fraction of sp³-hybridized carbons (Fsp3) is 0.115. The number of benzene rings is 3. The Morgan fingerprint density at radius 2 is 1.47 bits per heavy atom. The van der Waals surface area contributed by atoms with E-state index in [4.69, 9.17) is 14.2 Å². The summed E-state index contributed by atoms with van der Waals surface area (Å²) in [5, 5.41) is 2.21. The van der Waals surface area contributed by atoms with Crippen LogP contribution in [0.4, 0.5) is 10.5 Å². The first-order valence-electron chi connectivity index (χ1n) is 10.5. The molecule has 4 amide bonds. The Labute approximate surface area is 196 Å². The van der Waals surface area contributed by atoms with Gasteiger partial charge in [0.25, 0.3) is 11.8 Å². The van der Waals surface area contributed by atoms with Gasteiger partial charge in [-0.25, -0.2) is 9.69 Å². The SMILES string of the molecule is COc1ccc(OCCOc2cccc(/C=C3\C(=O)NC(=O)N(c4ccccc4)C3=O)c2)cc1. The normalized spacial score (nSPS) is 14.7. The van der Waals surface area contributed by atoms with Gasteiger partial charge in [-0.3, -0.25) is 14.9 Å². The number of urea groups is 1. The van der Waals surface area contributed by atoms with Crippen LogP contribution in [0.25, 0.3) is 6.08 Å². The molecule has 1 aliphatic rings. The number of imide groups is 2. The van der Waals surface area contributed by atoms with Crippen LogP contribution >= 0.6 is 0 Å². The molecule has 1 saturated heterocycles. The second-order valence-electron chi connectivity index (χ2n) is 7.24. The largest absolute Gasteiger partial charge is 0.497 e. The Bertz CT molecular complexity index is 1220. The Balaban J connectivity index is 1.42. The highest BCUT2D eigenvalue weighted by Crippen LogP contribution is 2.23. The smallest absolute Gasteiger partial charge is 0.335 e. The van der Waals surface area contributed by atoms with Gasteiger partial charge >= 0.3 is 6.03 Å². The summed E-state index contributed by atoms with van der Waals surface area (Å²) in [4.78, 5) is 38.5. The summed E-state index contributed by atoms with van der Waals surface area (Å²) < 4.78 is 16.5. The van der Waals surface area contributed by atoms with E-state index in [9.17, 15) is 14.4 Å². The maximum absolute atomic E-state index is 12.9. The van der Waals surface area contributed by atoms with Gasteiger partial charge in [0, 0.05) is 0 Å². The lowest BCUT2D eigenvalue weighted by atomic mass is 10.1. The first kappa shape index (κ1) is 22.6. The molecular weight excluding hydrogens is 436 g/mol. The van der Waals surface area contributed by atoms with Gasteiger partial charge in [-0.2, -0.15) is 0 Å². The van der Waals surface area contributed by atoms with Crippen LogP contribution in [0.3, 0.4) is 0 Å². The van der Waals surface area contributed by atoms with Gasteiger partial charge in [0.2, 0.25) is 0 Å². The standard InChI is InChI=1S/C26H22N2O6/c1-32-20-10-12-21(13-11-20)33-14-15-34-22-9-5-6-18(16-22)17-23-24(29)27-26(31)28(25(23)30)19-7-3-2-4-8-19/h2-13,16-17H,14-15H2,1H3,(H,27,29,31)/b23-17+. The predicted octanol–water partition coefficient (Wildman–Crippen LogP) is 3.82. The van der Waals surface area contributed by atoms with Crippen LogP contribution in [0, 0.1) is 0 Å². The molecular formula is C26H22N2O6. The molecule has 0 aliphatic carbocycles. The number of anilines is 1. The lowest BCUT2D eigenvalue weighted by Crippen LogP contribution is -2.54. The molecule has 1 aliphatic heterocycles. The van der Waals surface area contributed by atoms with E-state index in [1.165, 1.54) is 6.08 Å². The maximum atomic E-state index is 12.9. The topological polar surface area (TPSA) is 94.2 Å².